The standard InChI is InChI=1S/C13H18ClN3S/c1-17(10-3-4-10)7-6-16-12-8-9(14)2-5-11(12)13(15)18/h2,5,8,10,16H,3-4,6-7H2,1H3,(H2,15,18). The molecule has 18 heavy (non-hydrogen) atoms. The Morgan fingerprint density at radius 3 is 2.89 bits per heavy atom. The van der Waals surface area contributed by atoms with Crippen LogP contribution in [0, 0.1) is 0 Å². The highest BCUT2D eigenvalue weighted by Crippen LogP contribution is 2.25. The Bertz CT molecular complexity index is 446. The molecular weight excluding hydrogens is 266 g/mol. The van der Waals surface area contributed by atoms with Crippen LogP contribution < -0.4 is 11.1 Å². The van der Waals surface area contributed by atoms with Crippen molar-refractivity contribution in [2.24, 2.45) is 5.73 Å². The summed E-state index contributed by atoms with van der Waals surface area (Å²) in [6, 6.07) is 6.31. The lowest BCUT2D eigenvalue weighted by Gasteiger charge is -2.17. The van der Waals surface area contributed by atoms with Crippen LogP contribution in [0.1, 0.15) is 18.4 Å². The first-order valence-electron chi connectivity index (χ1n) is 6.11. The molecule has 2 rings (SSSR count). The number of rotatable bonds is 6. The van der Waals surface area contributed by atoms with Gasteiger partial charge in [0.1, 0.15) is 4.99 Å². The first-order chi connectivity index (χ1) is 8.58. The lowest BCUT2D eigenvalue weighted by Crippen LogP contribution is -2.27. The first kappa shape index (κ1) is 13.6. The molecule has 3 N–H and O–H groups in total. The minimum Gasteiger partial charge on any atom is -0.389 e. The first-order valence-corrected chi connectivity index (χ1v) is 6.90. The van der Waals surface area contributed by atoms with Gasteiger partial charge in [-0.15, -0.1) is 0 Å². The zero-order chi connectivity index (χ0) is 13.1. The molecule has 3 nitrogen and oxygen atoms in total. The lowest BCUT2D eigenvalue weighted by atomic mass is 10.2. The van der Waals surface area contributed by atoms with E-state index in [0.717, 1.165) is 30.4 Å². The van der Waals surface area contributed by atoms with Crippen LogP contribution >= 0.6 is 23.8 Å². The largest absolute Gasteiger partial charge is 0.389 e. The van der Waals surface area contributed by atoms with E-state index in [4.69, 9.17) is 29.6 Å². The zero-order valence-corrected chi connectivity index (χ0v) is 12.0. The van der Waals surface area contributed by atoms with Crippen molar-refractivity contribution in [3.05, 3.63) is 28.8 Å². The molecule has 0 aromatic heterocycles. The minimum absolute atomic E-state index is 0.393. The summed E-state index contributed by atoms with van der Waals surface area (Å²) < 4.78 is 0. The molecule has 0 bridgehead atoms. The van der Waals surface area contributed by atoms with Gasteiger partial charge in [-0.05, 0) is 38.1 Å². The topological polar surface area (TPSA) is 41.3 Å². The third kappa shape index (κ3) is 3.57. The molecule has 0 amide bonds. The molecule has 1 aliphatic carbocycles. The molecule has 1 aromatic carbocycles. The Balaban J connectivity index is 1.94. The number of benzene rings is 1. The van der Waals surface area contributed by atoms with Crippen molar-refractivity contribution in [2.75, 3.05) is 25.5 Å². The van der Waals surface area contributed by atoms with Crippen molar-refractivity contribution in [2.45, 2.75) is 18.9 Å². The van der Waals surface area contributed by atoms with E-state index in [2.05, 4.69) is 17.3 Å². The fraction of sp³-hybridized carbons (Fsp3) is 0.462. The number of likely N-dealkylation sites (N-methyl/N-ethyl adjacent to an activating group) is 1. The van der Waals surface area contributed by atoms with Crippen LogP contribution in [0.2, 0.25) is 5.02 Å². The lowest BCUT2D eigenvalue weighted by molar-refractivity contribution is 0.337. The van der Waals surface area contributed by atoms with Gasteiger partial charge >= 0.3 is 0 Å². The summed E-state index contributed by atoms with van der Waals surface area (Å²) in [5.41, 5.74) is 7.46. The van der Waals surface area contributed by atoms with Crippen LogP contribution in [0.25, 0.3) is 0 Å². The highest BCUT2D eigenvalue weighted by Gasteiger charge is 2.25. The summed E-state index contributed by atoms with van der Waals surface area (Å²) in [5.74, 6) is 0. The maximum atomic E-state index is 5.99. The third-order valence-corrected chi connectivity index (χ3v) is 3.65. The Morgan fingerprint density at radius 1 is 1.56 bits per heavy atom. The average Bonchev–Trinajstić information content (AvgIpc) is 3.12. The molecule has 5 heteroatoms. The second kappa shape index (κ2) is 5.87. The number of hydrogen-bond donors (Lipinski definition) is 2. The van der Waals surface area contributed by atoms with Gasteiger partial charge in [0.15, 0.2) is 0 Å². The number of halogens is 1. The summed E-state index contributed by atoms with van der Waals surface area (Å²) in [4.78, 5) is 2.77. The Morgan fingerprint density at radius 2 is 2.28 bits per heavy atom. The average molecular weight is 284 g/mol. The molecule has 0 saturated heterocycles. The number of nitrogens with zero attached hydrogens (tertiary/aromatic N) is 1. The summed E-state index contributed by atoms with van der Waals surface area (Å²) in [7, 11) is 2.16. The predicted molar refractivity (Wildman–Crippen MR) is 81.5 cm³/mol. The normalized spacial score (nSPS) is 14.8. The van der Waals surface area contributed by atoms with Crippen molar-refractivity contribution in [1.29, 1.82) is 0 Å². The number of nitrogens with two attached hydrogens (primary N) is 1. The fourth-order valence-electron chi connectivity index (χ4n) is 1.94. The summed E-state index contributed by atoms with van der Waals surface area (Å²) in [5, 5.41) is 4.04. The van der Waals surface area contributed by atoms with E-state index in [1.54, 1.807) is 6.07 Å². The molecule has 0 atom stereocenters. The van der Waals surface area contributed by atoms with Crippen LogP contribution in [-0.2, 0) is 0 Å². The van der Waals surface area contributed by atoms with Crippen LogP contribution in [-0.4, -0.2) is 36.1 Å². The van der Waals surface area contributed by atoms with Crippen LogP contribution in [0.5, 0.6) is 0 Å². The molecule has 1 aromatic rings. The van der Waals surface area contributed by atoms with Gasteiger partial charge < -0.3 is 16.0 Å². The van der Waals surface area contributed by atoms with E-state index in [-0.39, 0.29) is 0 Å². The molecule has 1 aliphatic rings. The van der Waals surface area contributed by atoms with Crippen molar-refractivity contribution in [3.8, 4) is 0 Å². The monoisotopic (exact) mass is 283 g/mol. The summed E-state index contributed by atoms with van der Waals surface area (Å²) in [6.45, 7) is 1.87. The van der Waals surface area contributed by atoms with E-state index in [1.165, 1.54) is 12.8 Å². The van der Waals surface area contributed by atoms with Gasteiger partial charge in [-0.3, -0.25) is 0 Å². The molecule has 0 aliphatic heterocycles. The smallest absolute Gasteiger partial charge is 0.106 e. The van der Waals surface area contributed by atoms with Gasteiger partial charge in [0, 0.05) is 35.4 Å². The molecule has 0 radical (unpaired) electrons. The van der Waals surface area contributed by atoms with Gasteiger partial charge in [-0.1, -0.05) is 23.8 Å². The number of thiocarbonyl (C=S) groups is 1. The van der Waals surface area contributed by atoms with E-state index in [0.29, 0.717) is 10.0 Å². The quantitative estimate of drug-likeness (QED) is 0.787. The van der Waals surface area contributed by atoms with E-state index < -0.39 is 0 Å². The van der Waals surface area contributed by atoms with E-state index >= 15 is 0 Å². The Hall–Kier alpha value is -0.840. The molecular formula is C13H18ClN3S. The number of nitrogens with one attached hydrogen (secondary N) is 1. The molecule has 0 heterocycles. The Kier molecular flexibility index (Phi) is 4.43. The molecule has 1 saturated carbocycles. The molecule has 0 unspecified atom stereocenters. The van der Waals surface area contributed by atoms with Crippen LogP contribution in [0.15, 0.2) is 18.2 Å². The van der Waals surface area contributed by atoms with Crippen LogP contribution in [0.3, 0.4) is 0 Å². The van der Waals surface area contributed by atoms with Crippen molar-refractivity contribution < 1.29 is 0 Å². The van der Waals surface area contributed by atoms with Crippen molar-refractivity contribution >= 4 is 34.5 Å². The van der Waals surface area contributed by atoms with Gasteiger partial charge in [-0.25, -0.2) is 0 Å². The zero-order valence-electron chi connectivity index (χ0n) is 10.4. The maximum absolute atomic E-state index is 5.99. The second-order valence-electron chi connectivity index (χ2n) is 4.69. The van der Waals surface area contributed by atoms with Gasteiger partial charge in [0.2, 0.25) is 0 Å². The third-order valence-electron chi connectivity index (χ3n) is 3.20. The van der Waals surface area contributed by atoms with Crippen molar-refractivity contribution in [1.82, 2.24) is 4.90 Å². The van der Waals surface area contributed by atoms with E-state index in [9.17, 15) is 0 Å². The maximum Gasteiger partial charge on any atom is 0.106 e. The highest BCUT2D eigenvalue weighted by molar-refractivity contribution is 7.80. The van der Waals surface area contributed by atoms with Gasteiger partial charge in [-0.2, -0.15) is 0 Å². The molecule has 98 valence electrons. The minimum atomic E-state index is 0.393. The van der Waals surface area contributed by atoms with Gasteiger partial charge in [0.25, 0.3) is 0 Å². The highest BCUT2D eigenvalue weighted by atomic mass is 35.5. The number of anilines is 1. The summed E-state index contributed by atoms with van der Waals surface area (Å²) >= 11 is 11.0. The predicted octanol–water partition coefficient (Wildman–Crippen LogP) is 2.48. The van der Waals surface area contributed by atoms with Crippen molar-refractivity contribution in [3.63, 3.8) is 0 Å². The van der Waals surface area contributed by atoms with Gasteiger partial charge in [0.05, 0.1) is 0 Å². The molecule has 0 spiro atoms. The Labute approximate surface area is 118 Å². The van der Waals surface area contributed by atoms with E-state index in [1.807, 2.05) is 12.1 Å². The SMILES string of the molecule is CN(CCNc1cc(Cl)ccc1C(N)=S)C1CC1. The molecule has 1 fully saturated rings. The fourth-order valence-corrected chi connectivity index (χ4v) is 2.29. The van der Waals surface area contributed by atoms with Crippen LogP contribution in [0.4, 0.5) is 5.69 Å². The second-order valence-corrected chi connectivity index (χ2v) is 5.57. The summed E-state index contributed by atoms with van der Waals surface area (Å²) in [6.07, 6.45) is 2.65. The number of hydrogen-bond acceptors (Lipinski definition) is 3.